The van der Waals surface area contributed by atoms with Crippen molar-refractivity contribution >= 4 is 0 Å². The lowest BCUT2D eigenvalue weighted by molar-refractivity contribution is -0.0211. The van der Waals surface area contributed by atoms with Gasteiger partial charge in [-0.2, -0.15) is 0 Å². The van der Waals surface area contributed by atoms with Gasteiger partial charge in [-0.3, -0.25) is 0 Å². The van der Waals surface area contributed by atoms with Crippen molar-refractivity contribution in [3.05, 3.63) is 0 Å². The zero-order chi connectivity index (χ0) is 9.31. The Labute approximate surface area is 80.0 Å². The lowest BCUT2D eigenvalue weighted by atomic mass is 9.66. The normalized spacial score (nSPS) is 38.3. The van der Waals surface area contributed by atoms with E-state index in [4.69, 9.17) is 0 Å². The first-order valence-corrected chi connectivity index (χ1v) is 5.58. The maximum atomic E-state index is 9.99. The van der Waals surface area contributed by atoms with Gasteiger partial charge in [0, 0.05) is 12.0 Å². The Hall–Kier alpha value is -0.0800. The molecule has 2 atom stereocenters. The largest absolute Gasteiger partial charge is 0.396 e. The van der Waals surface area contributed by atoms with Crippen LogP contribution in [0.1, 0.15) is 44.9 Å². The summed E-state index contributed by atoms with van der Waals surface area (Å²) in [5, 5.41) is 19.3. The third kappa shape index (κ3) is 1.40. The maximum Gasteiger partial charge on any atom is 0.0600 e. The van der Waals surface area contributed by atoms with E-state index in [-0.39, 0.29) is 18.1 Å². The summed E-state index contributed by atoms with van der Waals surface area (Å²) in [7, 11) is 0. The molecule has 0 amide bonds. The molecular formula is C11H20O2. The number of hydrogen-bond acceptors (Lipinski definition) is 2. The van der Waals surface area contributed by atoms with E-state index in [1.54, 1.807) is 0 Å². The number of rotatable bonds is 1. The summed E-state index contributed by atoms with van der Waals surface area (Å²) in [5.74, 6) is 0.378. The first kappa shape index (κ1) is 9.47. The molecule has 0 aliphatic heterocycles. The van der Waals surface area contributed by atoms with Crippen LogP contribution in [0.4, 0.5) is 0 Å². The van der Waals surface area contributed by atoms with Gasteiger partial charge in [-0.15, -0.1) is 0 Å². The highest BCUT2D eigenvalue weighted by atomic mass is 16.3. The molecular weight excluding hydrogens is 164 g/mol. The lowest BCUT2D eigenvalue weighted by Crippen LogP contribution is -2.38. The van der Waals surface area contributed by atoms with Gasteiger partial charge in [-0.25, -0.2) is 0 Å². The topological polar surface area (TPSA) is 40.5 Å². The Morgan fingerprint density at radius 1 is 1.08 bits per heavy atom. The molecule has 2 aliphatic rings. The minimum atomic E-state index is -0.134. The second kappa shape index (κ2) is 3.58. The highest BCUT2D eigenvalue weighted by Crippen LogP contribution is 2.52. The van der Waals surface area contributed by atoms with Gasteiger partial charge in [0.25, 0.3) is 0 Å². The molecule has 0 aromatic carbocycles. The molecule has 0 aromatic rings. The Kier molecular flexibility index (Phi) is 2.61. The second-order valence-electron chi connectivity index (χ2n) is 4.77. The monoisotopic (exact) mass is 184 g/mol. The molecule has 76 valence electrons. The summed E-state index contributed by atoms with van der Waals surface area (Å²) in [6, 6.07) is 0. The summed E-state index contributed by atoms with van der Waals surface area (Å²) < 4.78 is 0. The average molecular weight is 184 g/mol. The third-order valence-corrected chi connectivity index (χ3v) is 4.27. The standard InChI is InChI=1S/C11H20O2/c12-8-9-4-5-10(13)11(9)6-2-1-3-7-11/h9-10,12-13H,1-8H2. The van der Waals surface area contributed by atoms with E-state index in [9.17, 15) is 10.2 Å². The van der Waals surface area contributed by atoms with E-state index in [1.807, 2.05) is 0 Å². The summed E-state index contributed by atoms with van der Waals surface area (Å²) >= 11 is 0. The van der Waals surface area contributed by atoms with Crippen LogP contribution >= 0.6 is 0 Å². The van der Waals surface area contributed by atoms with Gasteiger partial charge >= 0.3 is 0 Å². The molecule has 0 radical (unpaired) electrons. The fraction of sp³-hybridized carbons (Fsp3) is 1.00. The molecule has 0 aromatic heterocycles. The quantitative estimate of drug-likeness (QED) is 0.651. The minimum absolute atomic E-state index is 0.104. The van der Waals surface area contributed by atoms with Gasteiger partial charge in [0.05, 0.1) is 6.10 Å². The summed E-state index contributed by atoms with van der Waals surface area (Å²) in [6.45, 7) is 0.275. The number of aliphatic hydroxyl groups excluding tert-OH is 2. The molecule has 2 nitrogen and oxygen atoms in total. The molecule has 2 fully saturated rings. The van der Waals surface area contributed by atoms with Crippen LogP contribution < -0.4 is 0 Å². The van der Waals surface area contributed by atoms with Crippen LogP contribution in [0.3, 0.4) is 0 Å². The lowest BCUT2D eigenvalue weighted by Gasteiger charge is -2.40. The SMILES string of the molecule is OCC1CCC(O)C12CCCCC2. The van der Waals surface area contributed by atoms with E-state index in [2.05, 4.69) is 0 Å². The zero-order valence-electron chi connectivity index (χ0n) is 8.21. The minimum Gasteiger partial charge on any atom is -0.396 e. The molecule has 2 heteroatoms. The van der Waals surface area contributed by atoms with E-state index < -0.39 is 0 Å². The van der Waals surface area contributed by atoms with Crippen molar-refractivity contribution < 1.29 is 10.2 Å². The zero-order valence-corrected chi connectivity index (χ0v) is 8.21. The predicted octanol–water partition coefficient (Wildman–Crippen LogP) is 1.70. The molecule has 2 N–H and O–H groups in total. The maximum absolute atomic E-state index is 9.99. The molecule has 0 heterocycles. The Morgan fingerprint density at radius 3 is 2.38 bits per heavy atom. The van der Waals surface area contributed by atoms with Crippen molar-refractivity contribution in [1.29, 1.82) is 0 Å². The predicted molar refractivity (Wildman–Crippen MR) is 51.3 cm³/mol. The van der Waals surface area contributed by atoms with E-state index in [0.717, 1.165) is 25.7 Å². The van der Waals surface area contributed by atoms with Gasteiger partial charge in [-0.1, -0.05) is 19.3 Å². The molecule has 2 rings (SSSR count). The first-order valence-electron chi connectivity index (χ1n) is 5.58. The first-order chi connectivity index (χ1) is 6.29. The molecule has 2 saturated carbocycles. The van der Waals surface area contributed by atoms with Crippen molar-refractivity contribution in [3.63, 3.8) is 0 Å². The van der Waals surface area contributed by atoms with Crippen molar-refractivity contribution in [2.75, 3.05) is 6.61 Å². The smallest absolute Gasteiger partial charge is 0.0600 e. The van der Waals surface area contributed by atoms with Crippen molar-refractivity contribution in [2.24, 2.45) is 11.3 Å². The van der Waals surface area contributed by atoms with E-state index in [1.165, 1.54) is 19.3 Å². The van der Waals surface area contributed by atoms with Crippen LogP contribution in [0.15, 0.2) is 0 Å². The van der Waals surface area contributed by atoms with Crippen LogP contribution in [-0.4, -0.2) is 22.9 Å². The van der Waals surface area contributed by atoms with Crippen molar-refractivity contribution in [2.45, 2.75) is 51.0 Å². The number of aliphatic hydroxyl groups is 2. The molecule has 1 spiro atoms. The highest BCUT2D eigenvalue weighted by Gasteiger charge is 2.49. The fourth-order valence-corrected chi connectivity index (χ4v) is 3.43. The average Bonchev–Trinajstić information content (AvgIpc) is 2.46. The molecule has 0 bridgehead atoms. The molecule has 13 heavy (non-hydrogen) atoms. The Bertz CT molecular complexity index is 173. The fourth-order valence-electron chi connectivity index (χ4n) is 3.43. The molecule has 2 unspecified atom stereocenters. The van der Waals surface area contributed by atoms with E-state index in [0.29, 0.717) is 5.92 Å². The second-order valence-corrected chi connectivity index (χ2v) is 4.77. The summed E-state index contributed by atoms with van der Waals surface area (Å²) in [5.41, 5.74) is 0.104. The van der Waals surface area contributed by atoms with Gasteiger partial charge in [0.1, 0.15) is 0 Å². The van der Waals surface area contributed by atoms with E-state index >= 15 is 0 Å². The summed E-state index contributed by atoms with van der Waals surface area (Å²) in [6.07, 6.45) is 7.88. The van der Waals surface area contributed by atoms with Crippen molar-refractivity contribution in [3.8, 4) is 0 Å². The number of hydrogen-bond donors (Lipinski definition) is 2. The van der Waals surface area contributed by atoms with Crippen LogP contribution in [0.5, 0.6) is 0 Å². The molecule has 2 aliphatic carbocycles. The summed E-state index contributed by atoms with van der Waals surface area (Å²) in [4.78, 5) is 0. The van der Waals surface area contributed by atoms with Crippen LogP contribution in [0.2, 0.25) is 0 Å². The van der Waals surface area contributed by atoms with Crippen molar-refractivity contribution in [1.82, 2.24) is 0 Å². The highest BCUT2D eigenvalue weighted by molar-refractivity contribution is 4.99. The molecule has 0 saturated heterocycles. The Balaban J connectivity index is 2.14. The van der Waals surface area contributed by atoms with Gasteiger partial charge in [-0.05, 0) is 31.6 Å². The third-order valence-electron chi connectivity index (χ3n) is 4.27. The van der Waals surface area contributed by atoms with Gasteiger partial charge in [0.2, 0.25) is 0 Å². The van der Waals surface area contributed by atoms with Gasteiger partial charge in [0.15, 0.2) is 0 Å². The van der Waals surface area contributed by atoms with Crippen LogP contribution in [-0.2, 0) is 0 Å². The van der Waals surface area contributed by atoms with Gasteiger partial charge < -0.3 is 10.2 Å². The van der Waals surface area contributed by atoms with Crippen LogP contribution in [0.25, 0.3) is 0 Å². The van der Waals surface area contributed by atoms with Crippen LogP contribution in [0, 0.1) is 11.3 Å². The Morgan fingerprint density at radius 2 is 1.77 bits per heavy atom.